The van der Waals surface area contributed by atoms with Crippen molar-refractivity contribution in [2.75, 3.05) is 24.5 Å². The molecule has 0 aliphatic rings. The number of anilines is 1. The molecule has 0 fully saturated rings. The number of rotatable bonds is 11. The van der Waals surface area contributed by atoms with Crippen LogP contribution in [0.25, 0.3) is 0 Å². The average Bonchev–Trinajstić information content (AvgIpc) is 2.91. The van der Waals surface area contributed by atoms with E-state index in [1.54, 1.807) is 67.6 Å². The Labute approximate surface area is 229 Å². The van der Waals surface area contributed by atoms with Gasteiger partial charge in [-0.3, -0.25) is 13.9 Å². The van der Waals surface area contributed by atoms with Gasteiger partial charge in [-0.25, -0.2) is 8.42 Å². The van der Waals surface area contributed by atoms with Gasteiger partial charge in [0.15, 0.2) is 0 Å². The second kappa shape index (κ2) is 12.8. The lowest BCUT2D eigenvalue weighted by Crippen LogP contribution is -2.50. The van der Waals surface area contributed by atoms with Crippen molar-refractivity contribution in [3.63, 3.8) is 0 Å². The summed E-state index contributed by atoms with van der Waals surface area (Å²) < 4.78 is 34.1. The summed E-state index contributed by atoms with van der Waals surface area (Å²) >= 11 is 6.00. The van der Waals surface area contributed by atoms with Crippen LogP contribution in [0, 0.1) is 6.92 Å². The fraction of sp³-hybridized carbons (Fsp3) is 0.286. The highest BCUT2D eigenvalue weighted by Gasteiger charge is 2.32. The normalized spacial score (nSPS) is 11.9. The van der Waals surface area contributed by atoms with Crippen molar-refractivity contribution in [2.24, 2.45) is 0 Å². The van der Waals surface area contributed by atoms with Crippen LogP contribution in [0.15, 0.2) is 77.7 Å². The number of nitrogens with one attached hydrogen (secondary N) is 1. The molecule has 0 aromatic heterocycles. The molecule has 202 valence electrons. The molecule has 0 heterocycles. The van der Waals surface area contributed by atoms with Crippen LogP contribution in [0.2, 0.25) is 5.02 Å². The topological polar surface area (TPSA) is 96.0 Å². The van der Waals surface area contributed by atoms with Crippen LogP contribution < -0.4 is 14.4 Å². The molecule has 2 amide bonds. The molecule has 0 saturated heterocycles. The molecule has 0 spiro atoms. The Kier molecular flexibility index (Phi) is 9.77. The summed E-state index contributed by atoms with van der Waals surface area (Å²) in [7, 11) is -2.64. The maximum Gasteiger partial charge on any atom is 0.264 e. The summed E-state index contributed by atoms with van der Waals surface area (Å²) in [6.45, 7) is 5.34. The van der Waals surface area contributed by atoms with E-state index in [4.69, 9.17) is 16.3 Å². The van der Waals surface area contributed by atoms with Gasteiger partial charge in [-0.1, -0.05) is 41.4 Å². The Morgan fingerprint density at radius 2 is 1.58 bits per heavy atom. The number of carbonyl (C=O) groups excluding carboxylic acids is 2. The standard InChI is InChI=1S/C28H32ClN3O5S/c1-5-37-25-14-12-24(13-15-25)32(38(35,36)26-16-6-20(2)7-17-26)19-27(33)31(21(3)28(34)30-4)18-22-8-10-23(29)11-9-22/h6-17,21H,5,18-19H2,1-4H3,(H,30,34)/t21-/m1/s1. The molecule has 3 aromatic rings. The molecule has 0 aliphatic carbocycles. The molecule has 0 saturated carbocycles. The lowest BCUT2D eigenvalue weighted by atomic mass is 10.1. The Bertz CT molecular complexity index is 1340. The van der Waals surface area contributed by atoms with Crippen LogP contribution in [-0.4, -0.2) is 51.4 Å². The molecule has 1 atom stereocenters. The molecule has 8 nitrogen and oxygen atoms in total. The highest BCUT2D eigenvalue weighted by Crippen LogP contribution is 2.27. The summed E-state index contributed by atoms with van der Waals surface area (Å²) in [5.74, 6) is -0.338. The molecule has 10 heteroatoms. The zero-order valence-corrected chi connectivity index (χ0v) is 23.4. The third-order valence-corrected chi connectivity index (χ3v) is 8.04. The van der Waals surface area contributed by atoms with E-state index < -0.39 is 28.5 Å². The molecule has 38 heavy (non-hydrogen) atoms. The van der Waals surface area contributed by atoms with Crippen molar-refractivity contribution in [3.05, 3.63) is 88.9 Å². The van der Waals surface area contributed by atoms with Crippen LogP contribution in [0.1, 0.15) is 25.0 Å². The third kappa shape index (κ3) is 7.05. The number of nitrogens with zero attached hydrogens (tertiary/aromatic N) is 2. The predicted octanol–water partition coefficient (Wildman–Crippen LogP) is 4.41. The van der Waals surface area contributed by atoms with Crippen molar-refractivity contribution in [3.8, 4) is 5.75 Å². The number of ether oxygens (including phenoxy) is 1. The second-order valence-electron chi connectivity index (χ2n) is 8.69. The lowest BCUT2D eigenvalue weighted by Gasteiger charge is -2.31. The summed E-state index contributed by atoms with van der Waals surface area (Å²) in [5.41, 5.74) is 1.94. The maximum absolute atomic E-state index is 13.8. The fourth-order valence-electron chi connectivity index (χ4n) is 3.82. The first-order valence-electron chi connectivity index (χ1n) is 12.1. The van der Waals surface area contributed by atoms with Crippen LogP contribution in [0.5, 0.6) is 5.75 Å². The van der Waals surface area contributed by atoms with E-state index in [1.165, 1.54) is 24.1 Å². The number of benzene rings is 3. The molecular weight excluding hydrogens is 526 g/mol. The van der Waals surface area contributed by atoms with Gasteiger partial charge in [-0.05, 0) is 74.9 Å². The SMILES string of the molecule is CCOc1ccc(N(CC(=O)N(Cc2ccc(Cl)cc2)[C@H](C)C(=O)NC)S(=O)(=O)c2ccc(C)cc2)cc1. The predicted molar refractivity (Wildman–Crippen MR) is 149 cm³/mol. The van der Waals surface area contributed by atoms with E-state index >= 15 is 0 Å². The number of halogens is 1. The van der Waals surface area contributed by atoms with Gasteiger partial charge in [0.2, 0.25) is 11.8 Å². The Balaban J connectivity index is 2.02. The second-order valence-corrected chi connectivity index (χ2v) is 11.0. The van der Waals surface area contributed by atoms with E-state index in [0.29, 0.717) is 23.1 Å². The van der Waals surface area contributed by atoms with E-state index in [9.17, 15) is 18.0 Å². The van der Waals surface area contributed by atoms with Gasteiger partial charge in [0.05, 0.1) is 17.2 Å². The zero-order chi connectivity index (χ0) is 27.9. The highest BCUT2D eigenvalue weighted by molar-refractivity contribution is 7.92. The number of aryl methyl sites for hydroxylation is 1. The first kappa shape index (κ1) is 29.0. The molecule has 0 aliphatic heterocycles. The summed E-state index contributed by atoms with van der Waals surface area (Å²) in [4.78, 5) is 27.7. The Morgan fingerprint density at radius 1 is 0.974 bits per heavy atom. The monoisotopic (exact) mass is 557 g/mol. The third-order valence-electron chi connectivity index (χ3n) is 6.00. The van der Waals surface area contributed by atoms with Gasteiger partial charge in [0.25, 0.3) is 10.0 Å². The highest BCUT2D eigenvalue weighted by atomic mass is 35.5. The molecule has 3 aromatic carbocycles. The lowest BCUT2D eigenvalue weighted by molar-refractivity contribution is -0.139. The van der Waals surface area contributed by atoms with Gasteiger partial charge in [0, 0.05) is 18.6 Å². The average molecular weight is 558 g/mol. The number of sulfonamides is 1. The van der Waals surface area contributed by atoms with Crippen molar-refractivity contribution in [1.82, 2.24) is 10.2 Å². The number of carbonyl (C=O) groups is 2. The minimum Gasteiger partial charge on any atom is -0.494 e. The van der Waals surface area contributed by atoms with Gasteiger partial charge in [0.1, 0.15) is 18.3 Å². The fourth-order valence-corrected chi connectivity index (χ4v) is 5.36. The van der Waals surface area contributed by atoms with Crippen LogP contribution >= 0.6 is 11.6 Å². The zero-order valence-electron chi connectivity index (χ0n) is 21.8. The van der Waals surface area contributed by atoms with E-state index in [-0.39, 0.29) is 17.3 Å². The van der Waals surface area contributed by atoms with Gasteiger partial charge in [-0.2, -0.15) is 0 Å². The summed E-state index contributed by atoms with van der Waals surface area (Å²) in [6.07, 6.45) is 0. The molecule has 0 radical (unpaired) electrons. The minimum absolute atomic E-state index is 0.0494. The number of likely N-dealkylation sites (N-methyl/N-ethyl adjacent to an activating group) is 1. The van der Waals surface area contributed by atoms with Crippen LogP contribution in [0.4, 0.5) is 5.69 Å². The molecule has 0 bridgehead atoms. The van der Waals surface area contributed by atoms with Crippen molar-refractivity contribution < 1.29 is 22.7 Å². The van der Waals surface area contributed by atoms with Crippen molar-refractivity contribution in [1.29, 1.82) is 0 Å². The van der Waals surface area contributed by atoms with E-state index in [1.807, 2.05) is 13.8 Å². The van der Waals surface area contributed by atoms with Gasteiger partial charge < -0.3 is 15.0 Å². The first-order chi connectivity index (χ1) is 18.1. The van der Waals surface area contributed by atoms with Crippen LogP contribution in [-0.2, 0) is 26.2 Å². The Hall–Kier alpha value is -3.56. The van der Waals surface area contributed by atoms with Gasteiger partial charge >= 0.3 is 0 Å². The molecular formula is C28H32ClN3O5S. The number of hydrogen-bond donors (Lipinski definition) is 1. The van der Waals surface area contributed by atoms with Crippen molar-refractivity contribution in [2.45, 2.75) is 38.3 Å². The Morgan fingerprint density at radius 3 is 2.13 bits per heavy atom. The summed E-state index contributed by atoms with van der Waals surface area (Å²) in [5, 5.41) is 3.10. The smallest absolute Gasteiger partial charge is 0.264 e. The van der Waals surface area contributed by atoms with E-state index in [0.717, 1.165) is 15.4 Å². The van der Waals surface area contributed by atoms with E-state index in [2.05, 4.69) is 5.32 Å². The number of amides is 2. The number of hydrogen-bond acceptors (Lipinski definition) is 5. The molecule has 1 N–H and O–H groups in total. The first-order valence-corrected chi connectivity index (χ1v) is 14.0. The van der Waals surface area contributed by atoms with Crippen molar-refractivity contribution >= 4 is 39.1 Å². The summed E-state index contributed by atoms with van der Waals surface area (Å²) in [6, 6.07) is 19.0. The van der Waals surface area contributed by atoms with Crippen LogP contribution in [0.3, 0.4) is 0 Å². The minimum atomic E-state index is -4.13. The van der Waals surface area contributed by atoms with Gasteiger partial charge in [-0.15, -0.1) is 0 Å². The molecule has 0 unspecified atom stereocenters. The largest absolute Gasteiger partial charge is 0.494 e. The maximum atomic E-state index is 13.8. The molecule has 3 rings (SSSR count). The quantitative estimate of drug-likeness (QED) is 0.377.